The summed E-state index contributed by atoms with van der Waals surface area (Å²) < 4.78 is 15.3. The van der Waals surface area contributed by atoms with Gasteiger partial charge in [0.05, 0.1) is 17.4 Å². The summed E-state index contributed by atoms with van der Waals surface area (Å²) >= 11 is 1.66. The molecule has 4 rings (SSSR count). The van der Waals surface area contributed by atoms with Crippen LogP contribution >= 0.6 is 11.3 Å². The first kappa shape index (κ1) is 19.5. The molecule has 2 heterocycles. The van der Waals surface area contributed by atoms with Crippen LogP contribution in [0.2, 0.25) is 0 Å². The molecule has 4 nitrogen and oxygen atoms in total. The van der Waals surface area contributed by atoms with E-state index in [-0.39, 0.29) is 11.9 Å². The number of aromatic nitrogens is 3. The van der Waals surface area contributed by atoms with E-state index in [2.05, 4.69) is 61.2 Å². The number of aryl methyl sites for hydroxylation is 1. The minimum atomic E-state index is -0.247. The standard InChI is InChI=1S/C23H23FN4S/c1-16-4-10-21(11-5-16)28-15-19(14-27(3)17(2)23-25-12-13-29-23)22(26-28)18-6-8-20(24)9-7-18/h4-13,15,17H,14H2,1-3H3/t17-/m1/s1. The second-order valence-electron chi connectivity index (χ2n) is 7.25. The molecule has 0 radical (unpaired) electrons. The largest absolute Gasteiger partial charge is 0.293 e. The average molecular weight is 407 g/mol. The molecular weight excluding hydrogens is 383 g/mol. The van der Waals surface area contributed by atoms with Crippen molar-refractivity contribution in [3.8, 4) is 16.9 Å². The van der Waals surface area contributed by atoms with E-state index in [4.69, 9.17) is 5.10 Å². The van der Waals surface area contributed by atoms with Gasteiger partial charge in [-0.15, -0.1) is 11.3 Å². The molecule has 0 unspecified atom stereocenters. The third-order valence-corrected chi connectivity index (χ3v) is 6.04. The summed E-state index contributed by atoms with van der Waals surface area (Å²) in [5.41, 5.74) is 5.06. The van der Waals surface area contributed by atoms with E-state index >= 15 is 0 Å². The molecule has 0 saturated carbocycles. The minimum absolute atomic E-state index is 0.193. The highest BCUT2D eigenvalue weighted by Crippen LogP contribution is 2.28. The van der Waals surface area contributed by atoms with Crippen molar-refractivity contribution in [3.05, 3.63) is 88.3 Å². The molecule has 1 atom stereocenters. The summed E-state index contributed by atoms with van der Waals surface area (Å²) in [4.78, 5) is 6.70. The zero-order valence-electron chi connectivity index (χ0n) is 16.7. The molecule has 0 bridgehead atoms. The lowest BCUT2D eigenvalue weighted by molar-refractivity contribution is 0.253. The second-order valence-corrected chi connectivity index (χ2v) is 8.18. The number of nitrogens with zero attached hydrogens (tertiary/aromatic N) is 4. The fourth-order valence-electron chi connectivity index (χ4n) is 3.24. The Morgan fingerprint density at radius 2 is 1.83 bits per heavy atom. The molecule has 0 aliphatic rings. The Hall–Kier alpha value is -2.83. The van der Waals surface area contributed by atoms with Crippen molar-refractivity contribution in [2.24, 2.45) is 0 Å². The van der Waals surface area contributed by atoms with Crippen LogP contribution in [0.5, 0.6) is 0 Å². The van der Waals surface area contributed by atoms with Crippen molar-refractivity contribution >= 4 is 11.3 Å². The summed E-state index contributed by atoms with van der Waals surface area (Å²) in [7, 11) is 2.09. The highest BCUT2D eigenvalue weighted by Gasteiger charge is 2.19. The molecule has 0 amide bonds. The molecule has 0 fully saturated rings. The summed E-state index contributed by atoms with van der Waals surface area (Å²) in [5, 5.41) is 7.92. The lowest BCUT2D eigenvalue weighted by atomic mass is 10.1. The zero-order valence-corrected chi connectivity index (χ0v) is 17.5. The Bertz CT molecular complexity index is 1070. The van der Waals surface area contributed by atoms with E-state index < -0.39 is 0 Å². The fraction of sp³-hybridized carbons (Fsp3) is 0.217. The van der Waals surface area contributed by atoms with Crippen LogP contribution in [0.1, 0.15) is 29.1 Å². The van der Waals surface area contributed by atoms with Gasteiger partial charge in [0.1, 0.15) is 10.8 Å². The molecule has 0 N–H and O–H groups in total. The van der Waals surface area contributed by atoms with Gasteiger partial charge in [0.25, 0.3) is 0 Å². The molecule has 2 aromatic heterocycles. The van der Waals surface area contributed by atoms with Crippen LogP contribution < -0.4 is 0 Å². The quantitative estimate of drug-likeness (QED) is 0.416. The van der Waals surface area contributed by atoms with Gasteiger partial charge < -0.3 is 0 Å². The SMILES string of the molecule is Cc1ccc(-n2cc(CN(C)[C@H](C)c3nccs3)c(-c3ccc(F)cc3)n2)cc1. The smallest absolute Gasteiger partial charge is 0.123 e. The van der Waals surface area contributed by atoms with Gasteiger partial charge in [0, 0.05) is 35.4 Å². The molecule has 0 saturated heterocycles. The monoisotopic (exact) mass is 406 g/mol. The van der Waals surface area contributed by atoms with E-state index in [0.717, 1.165) is 27.5 Å². The maximum atomic E-state index is 13.4. The Labute approximate surface area is 174 Å². The summed E-state index contributed by atoms with van der Waals surface area (Å²) in [6.45, 7) is 4.93. The number of rotatable bonds is 6. The lowest BCUT2D eigenvalue weighted by Crippen LogP contribution is -2.21. The predicted molar refractivity (Wildman–Crippen MR) is 116 cm³/mol. The van der Waals surface area contributed by atoms with Crippen LogP contribution in [-0.2, 0) is 6.54 Å². The fourth-order valence-corrected chi connectivity index (χ4v) is 4.00. The van der Waals surface area contributed by atoms with Crippen LogP contribution in [0.25, 0.3) is 16.9 Å². The summed E-state index contributed by atoms with van der Waals surface area (Å²) in [5.74, 6) is -0.247. The van der Waals surface area contributed by atoms with E-state index in [1.807, 2.05) is 16.3 Å². The van der Waals surface area contributed by atoms with Crippen molar-refractivity contribution in [2.45, 2.75) is 26.4 Å². The summed E-state index contributed by atoms with van der Waals surface area (Å²) in [6.07, 6.45) is 3.90. The minimum Gasteiger partial charge on any atom is -0.293 e. The normalized spacial score (nSPS) is 12.4. The third-order valence-electron chi connectivity index (χ3n) is 5.10. The van der Waals surface area contributed by atoms with Crippen molar-refractivity contribution in [1.29, 1.82) is 0 Å². The van der Waals surface area contributed by atoms with Gasteiger partial charge in [-0.25, -0.2) is 14.1 Å². The van der Waals surface area contributed by atoms with E-state index in [0.29, 0.717) is 6.54 Å². The molecule has 148 valence electrons. The van der Waals surface area contributed by atoms with Crippen LogP contribution in [0.15, 0.2) is 66.3 Å². The summed E-state index contributed by atoms with van der Waals surface area (Å²) in [6, 6.07) is 15.0. The molecule has 0 spiro atoms. The van der Waals surface area contributed by atoms with Gasteiger partial charge >= 0.3 is 0 Å². The predicted octanol–water partition coefficient (Wildman–Crippen LogP) is 5.64. The first-order valence-electron chi connectivity index (χ1n) is 9.52. The number of hydrogen-bond acceptors (Lipinski definition) is 4. The number of hydrogen-bond donors (Lipinski definition) is 0. The Kier molecular flexibility index (Phi) is 5.56. The maximum Gasteiger partial charge on any atom is 0.123 e. The molecular formula is C23H23FN4S. The average Bonchev–Trinajstić information content (AvgIpc) is 3.39. The zero-order chi connectivity index (χ0) is 20.4. The van der Waals surface area contributed by atoms with E-state index in [9.17, 15) is 4.39 Å². The Morgan fingerprint density at radius 3 is 2.48 bits per heavy atom. The molecule has 4 aromatic rings. The van der Waals surface area contributed by atoms with Gasteiger partial charge in [-0.05, 0) is 57.3 Å². The molecule has 6 heteroatoms. The van der Waals surface area contributed by atoms with Gasteiger partial charge in [0.15, 0.2) is 0 Å². The molecule has 29 heavy (non-hydrogen) atoms. The highest BCUT2D eigenvalue weighted by molar-refractivity contribution is 7.09. The van der Waals surface area contributed by atoms with Gasteiger partial charge in [-0.2, -0.15) is 5.10 Å². The lowest BCUT2D eigenvalue weighted by Gasteiger charge is -2.22. The van der Waals surface area contributed by atoms with Crippen molar-refractivity contribution in [1.82, 2.24) is 19.7 Å². The Morgan fingerprint density at radius 1 is 1.10 bits per heavy atom. The van der Waals surface area contributed by atoms with Gasteiger partial charge in [0.2, 0.25) is 0 Å². The topological polar surface area (TPSA) is 34.0 Å². The van der Waals surface area contributed by atoms with Crippen LogP contribution in [-0.4, -0.2) is 26.7 Å². The number of halogens is 1. The Balaban J connectivity index is 1.70. The first-order valence-corrected chi connectivity index (χ1v) is 10.4. The van der Waals surface area contributed by atoms with E-state index in [1.165, 1.54) is 17.7 Å². The molecule has 0 aliphatic carbocycles. The van der Waals surface area contributed by atoms with E-state index in [1.54, 1.807) is 23.5 Å². The van der Waals surface area contributed by atoms with Crippen LogP contribution in [0.4, 0.5) is 4.39 Å². The third kappa shape index (κ3) is 4.28. The van der Waals surface area contributed by atoms with Gasteiger partial charge in [-0.1, -0.05) is 17.7 Å². The second kappa shape index (κ2) is 8.27. The maximum absolute atomic E-state index is 13.4. The number of benzene rings is 2. The van der Waals surface area contributed by atoms with Crippen molar-refractivity contribution in [3.63, 3.8) is 0 Å². The molecule has 0 aliphatic heterocycles. The van der Waals surface area contributed by atoms with Crippen molar-refractivity contribution < 1.29 is 4.39 Å². The van der Waals surface area contributed by atoms with Crippen LogP contribution in [0, 0.1) is 12.7 Å². The van der Waals surface area contributed by atoms with Crippen LogP contribution in [0.3, 0.4) is 0 Å². The first-order chi connectivity index (χ1) is 14.0. The number of thiazole rings is 1. The van der Waals surface area contributed by atoms with Crippen molar-refractivity contribution in [2.75, 3.05) is 7.05 Å². The molecule has 2 aromatic carbocycles. The van der Waals surface area contributed by atoms with Gasteiger partial charge in [-0.3, -0.25) is 4.90 Å². The highest BCUT2D eigenvalue weighted by atomic mass is 32.1.